The molecule has 0 aromatic heterocycles. The summed E-state index contributed by atoms with van der Waals surface area (Å²) in [6.45, 7) is 5.74. The smallest absolute Gasteiger partial charge is 0.318 e. The van der Waals surface area contributed by atoms with Gasteiger partial charge in [0, 0.05) is 19.1 Å². The van der Waals surface area contributed by atoms with Crippen molar-refractivity contribution < 1.29 is 23.5 Å². The minimum atomic E-state index is -2.53. The highest BCUT2D eigenvalue weighted by molar-refractivity contribution is 7.33. The van der Waals surface area contributed by atoms with E-state index in [9.17, 15) is 14.5 Å². The summed E-state index contributed by atoms with van der Waals surface area (Å²) in [5, 5.41) is 12.4. The van der Waals surface area contributed by atoms with Gasteiger partial charge in [-0.15, -0.1) is 0 Å². The summed E-state index contributed by atoms with van der Waals surface area (Å²) in [7, 11) is -1.25. The number of aliphatic hydroxyl groups excluding tert-OH is 1. The molecule has 0 rings (SSSR count). The zero-order chi connectivity index (χ0) is 13.5. The van der Waals surface area contributed by atoms with Crippen LogP contribution in [-0.2, 0) is 18.4 Å². The van der Waals surface area contributed by atoms with Crippen LogP contribution in [0.4, 0.5) is 0 Å². The Labute approximate surface area is 103 Å². The first-order chi connectivity index (χ1) is 7.85. The quantitative estimate of drug-likeness (QED) is 0.640. The molecule has 7 heteroatoms. The average Bonchev–Trinajstić information content (AvgIpc) is 2.31. The molecule has 0 bridgehead atoms. The van der Waals surface area contributed by atoms with Crippen LogP contribution in [0, 0.1) is 5.41 Å². The van der Waals surface area contributed by atoms with E-state index in [0.717, 1.165) is 6.42 Å². The summed E-state index contributed by atoms with van der Waals surface area (Å²) >= 11 is 0. The molecule has 0 saturated carbocycles. The SMILES string of the molecule is CCCNC(=O)C(O)C(C)(C)CO[PH](=O)OC. The molecule has 1 amide bonds. The van der Waals surface area contributed by atoms with Gasteiger partial charge in [0.15, 0.2) is 0 Å². The predicted octanol–water partition coefficient (Wildman–Crippen LogP) is 0.952. The third-order valence-corrected chi connectivity index (χ3v) is 2.98. The van der Waals surface area contributed by atoms with Crippen LogP contribution in [0.2, 0.25) is 0 Å². The standard InChI is InChI=1S/C10H22NO5P/c1-5-6-11-9(13)8(12)10(2,3)7-16-17(14)15-4/h8,12,17H,5-7H2,1-4H3,(H,11,13). The van der Waals surface area contributed by atoms with Crippen molar-refractivity contribution in [2.24, 2.45) is 5.41 Å². The molecule has 0 aromatic rings. The van der Waals surface area contributed by atoms with Gasteiger partial charge >= 0.3 is 8.25 Å². The van der Waals surface area contributed by atoms with Crippen LogP contribution >= 0.6 is 8.25 Å². The second-order valence-electron chi connectivity index (χ2n) is 4.42. The van der Waals surface area contributed by atoms with Crippen LogP contribution in [-0.4, -0.2) is 37.4 Å². The van der Waals surface area contributed by atoms with Crippen molar-refractivity contribution in [1.29, 1.82) is 0 Å². The van der Waals surface area contributed by atoms with Gasteiger partial charge in [0.2, 0.25) is 5.91 Å². The first kappa shape index (κ1) is 16.6. The number of nitrogens with one attached hydrogen (secondary N) is 1. The molecular formula is C10H22NO5P. The molecule has 0 heterocycles. The van der Waals surface area contributed by atoms with Crippen molar-refractivity contribution in [2.45, 2.75) is 33.3 Å². The number of aliphatic hydroxyl groups is 1. The van der Waals surface area contributed by atoms with Crippen molar-refractivity contribution in [3.05, 3.63) is 0 Å². The van der Waals surface area contributed by atoms with Crippen LogP contribution < -0.4 is 5.32 Å². The van der Waals surface area contributed by atoms with Crippen molar-refractivity contribution >= 4 is 14.2 Å². The number of carbonyl (C=O) groups is 1. The summed E-state index contributed by atoms with van der Waals surface area (Å²) < 4.78 is 20.4. The normalized spacial score (nSPS) is 15.4. The van der Waals surface area contributed by atoms with Crippen LogP contribution in [0.5, 0.6) is 0 Å². The molecule has 0 aliphatic heterocycles. The van der Waals surface area contributed by atoms with Crippen LogP contribution in [0.3, 0.4) is 0 Å². The summed E-state index contributed by atoms with van der Waals surface area (Å²) in [5.74, 6) is -0.447. The third-order valence-electron chi connectivity index (χ3n) is 2.27. The van der Waals surface area contributed by atoms with Gasteiger partial charge in [-0.25, -0.2) is 0 Å². The predicted molar refractivity (Wildman–Crippen MR) is 65.1 cm³/mol. The molecule has 102 valence electrons. The van der Waals surface area contributed by atoms with E-state index in [0.29, 0.717) is 6.54 Å². The van der Waals surface area contributed by atoms with E-state index in [1.807, 2.05) is 6.92 Å². The van der Waals surface area contributed by atoms with E-state index in [-0.39, 0.29) is 6.61 Å². The molecule has 2 atom stereocenters. The van der Waals surface area contributed by atoms with E-state index in [1.54, 1.807) is 13.8 Å². The van der Waals surface area contributed by atoms with Crippen molar-refractivity contribution in [3.8, 4) is 0 Å². The Morgan fingerprint density at radius 1 is 1.53 bits per heavy atom. The number of rotatable bonds is 8. The second kappa shape index (κ2) is 7.82. The van der Waals surface area contributed by atoms with Crippen LogP contribution in [0.15, 0.2) is 0 Å². The van der Waals surface area contributed by atoms with E-state index >= 15 is 0 Å². The van der Waals surface area contributed by atoms with Gasteiger partial charge in [0.05, 0.1) is 6.61 Å². The van der Waals surface area contributed by atoms with Gasteiger partial charge in [-0.1, -0.05) is 20.8 Å². The molecule has 0 radical (unpaired) electrons. The van der Waals surface area contributed by atoms with Gasteiger partial charge in [-0.3, -0.25) is 9.36 Å². The topological polar surface area (TPSA) is 84.9 Å². The zero-order valence-corrected chi connectivity index (χ0v) is 11.8. The zero-order valence-electron chi connectivity index (χ0n) is 10.8. The monoisotopic (exact) mass is 267 g/mol. The summed E-state index contributed by atoms with van der Waals surface area (Å²) in [6.07, 6.45) is -0.409. The molecule has 0 aliphatic rings. The maximum atomic E-state index is 11.5. The van der Waals surface area contributed by atoms with E-state index in [4.69, 9.17) is 4.52 Å². The lowest BCUT2D eigenvalue weighted by atomic mass is 9.87. The molecule has 0 aromatic carbocycles. The van der Waals surface area contributed by atoms with Gasteiger partial charge in [-0.05, 0) is 6.42 Å². The molecule has 6 nitrogen and oxygen atoms in total. The maximum absolute atomic E-state index is 11.5. The maximum Gasteiger partial charge on any atom is 0.318 e. The Morgan fingerprint density at radius 3 is 2.59 bits per heavy atom. The van der Waals surface area contributed by atoms with Crippen molar-refractivity contribution in [1.82, 2.24) is 5.32 Å². The van der Waals surface area contributed by atoms with E-state index in [2.05, 4.69) is 9.84 Å². The Bertz CT molecular complexity index is 269. The fourth-order valence-corrected chi connectivity index (χ4v) is 1.69. The van der Waals surface area contributed by atoms with Gasteiger partial charge < -0.3 is 19.5 Å². The lowest BCUT2D eigenvalue weighted by molar-refractivity contribution is -0.136. The van der Waals surface area contributed by atoms with Gasteiger partial charge in [0.25, 0.3) is 0 Å². The average molecular weight is 267 g/mol. The van der Waals surface area contributed by atoms with Crippen LogP contribution in [0.1, 0.15) is 27.2 Å². The van der Waals surface area contributed by atoms with E-state index < -0.39 is 25.7 Å². The first-order valence-corrected chi connectivity index (χ1v) is 6.74. The number of hydrogen-bond donors (Lipinski definition) is 2. The highest BCUT2D eigenvalue weighted by atomic mass is 31.1. The lowest BCUT2D eigenvalue weighted by Crippen LogP contribution is -2.45. The fraction of sp³-hybridized carbons (Fsp3) is 0.900. The Kier molecular flexibility index (Phi) is 7.63. The number of carbonyl (C=O) groups excluding carboxylic acids is 1. The highest BCUT2D eigenvalue weighted by Gasteiger charge is 2.34. The molecular weight excluding hydrogens is 245 g/mol. The van der Waals surface area contributed by atoms with Crippen molar-refractivity contribution in [2.75, 3.05) is 20.3 Å². The first-order valence-electron chi connectivity index (χ1n) is 5.51. The fourth-order valence-electron chi connectivity index (χ4n) is 1.08. The Balaban J connectivity index is 4.27. The highest BCUT2D eigenvalue weighted by Crippen LogP contribution is 2.29. The minimum Gasteiger partial charge on any atom is -0.383 e. The molecule has 0 saturated heterocycles. The molecule has 2 N–H and O–H groups in total. The molecule has 17 heavy (non-hydrogen) atoms. The Hall–Kier alpha value is -0.420. The number of hydrogen-bond acceptors (Lipinski definition) is 5. The molecule has 0 fully saturated rings. The van der Waals surface area contributed by atoms with Crippen molar-refractivity contribution in [3.63, 3.8) is 0 Å². The molecule has 0 aliphatic carbocycles. The largest absolute Gasteiger partial charge is 0.383 e. The van der Waals surface area contributed by atoms with Gasteiger partial charge in [-0.2, -0.15) is 0 Å². The summed E-state index contributed by atoms with van der Waals surface area (Å²) in [4.78, 5) is 11.5. The minimum absolute atomic E-state index is 0.0145. The van der Waals surface area contributed by atoms with Crippen LogP contribution in [0.25, 0.3) is 0 Å². The Morgan fingerprint density at radius 2 is 2.12 bits per heavy atom. The summed E-state index contributed by atoms with van der Waals surface area (Å²) in [6, 6.07) is 0. The third kappa shape index (κ3) is 6.17. The number of amides is 1. The molecule has 0 spiro atoms. The summed E-state index contributed by atoms with van der Waals surface area (Å²) in [5.41, 5.74) is -0.823. The second-order valence-corrected chi connectivity index (χ2v) is 5.62. The van der Waals surface area contributed by atoms with Gasteiger partial charge in [0.1, 0.15) is 6.10 Å². The lowest BCUT2D eigenvalue weighted by Gasteiger charge is -2.28. The molecule has 2 unspecified atom stereocenters. The van der Waals surface area contributed by atoms with E-state index in [1.165, 1.54) is 7.11 Å².